The fourth-order valence-electron chi connectivity index (χ4n) is 1.94. The predicted molar refractivity (Wildman–Crippen MR) is 76.6 cm³/mol. The second kappa shape index (κ2) is 4.97. The third kappa shape index (κ3) is 2.55. The van der Waals surface area contributed by atoms with Gasteiger partial charge in [-0.1, -0.05) is 18.2 Å². The first-order chi connectivity index (χ1) is 9.97. The molecule has 0 unspecified atom stereocenters. The molecule has 3 aromatic rings. The highest BCUT2D eigenvalue weighted by Gasteiger charge is 2.25. The van der Waals surface area contributed by atoms with E-state index in [-0.39, 0.29) is 5.16 Å². The van der Waals surface area contributed by atoms with Gasteiger partial charge in [0.25, 0.3) is 14.2 Å². The second-order valence-corrected chi connectivity index (χ2v) is 6.75. The fraction of sp³-hybridized carbons (Fsp3) is 0.0833. The van der Waals surface area contributed by atoms with Crippen LogP contribution >= 0.6 is 10.7 Å². The minimum absolute atomic E-state index is 0.307. The van der Waals surface area contributed by atoms with E-state index in [0.29, 0.717) is 17.2 Å². The third-order valence-corrected chi connectivity index (χ3v) is 3.92. The molecule has 1 aromatic carbocycles. The van der Waals surface area contributed by atoms with Crippen molar-refractivity contribution in [2.45, 2.75) is 5.16 Å². The van der Waals surface area contributed by atoms with Crippen LogP contribution in [0.3, 0.4) is 0 Å². The molecule has 0 atom stereocenters. The van der Waals surface area contributed by atoms with E-state index >= 15 is 0 Å². The van der Waals surface area contributed by atoms with Crippen LogP contribution in [-0.2, 0) is 16.1 Å². The SMILES string of the molecule is Cn1ccc(-c2nnc(S(=O)(=O)Cl)n2-c2ccccc2)n1. The molecule has 108 valence electrons. The Bertz CT molecular complexity index is 886. The standard InChI is InChI=1S/C12H10ClN5O2S/c1-17-8-7-10(16-17)11-14-15-12(21(13,19)20)18(11)9-5-3-2-4-6-9/h2-8H,1H3. The van der Waals surface area contributed by atoms with Crippen molar-refractivity contribution in [3.8, 4) is 17.2 Å². The Hall–Kier alpha value is -2.19. The highest BCUT2D eigenvalue weighted by molar-refractivity contribution is 8.13. The van der Waals surface area contributed by atoms with E-state index < -0.39 is 9.05 Å². The van der Waals surface area contributed by atoms with E-state index in [4.69, 9.17) is 10.7 Å². The van der Waals surface area contributed by atoms with E-state index in [1.807, 2.05) is 6.07 Å². The number of rotatable bonds is 3. The maximum absolute atomic E-state index is 11.7. The summed E-state index contributed by atoms with van der Waals surface area (Å²) >= 11 is 0. The molecule has 0 N–H and O–H groups in total. The maximum Gasteiger partial charge on any atom is 0.297 e. The van der Waals surface area contributed by atoms with E-state index in [2.05, 4.69) is 15.3 Å². The highest BCUT2D eigenvalue weighted by Crippen LogP contribution is 2.25. The van der Waals surface area contributed by atoms with Crippen LogP contribution in [0, 0.1) is 0 Å². The lowest BCUT2D eigenvalue weighted by molar-refractivity contribution is 0.597. The van der Waals surface area contributed by atoms with Gasteiger partial charge in [-0.2, -0.15) is 5.10 Å². The molecule has 21 heavy (non-hydrogen) atoms. The Labute approximate surface area is 125 Å². The minimum Gasteiger partial charge on any atom is -0.275 e. The van der Waals surface area contributed by atoms with Crippen LogP contribution in [0.1, 0.15) is 0 Å². The first-order valence-electron chi connectivity index (χ1n) is 5.92. The van der Waals surface area contributed by atoms with Gasteiger partial charge in [0.05, 0.1) is 5.69 Å². The number of aryl methyl sites for hydroxylation is 1. The average Bonchev–Trinajstić information content (AvgIpc) is 3.04. The van der Waals surface area contributed by atoms with E-state index in [9.17, 15) is 8.42 Å². The van der Waals surface area contributed by atoms with Gasteiger partial charge in [-0.05, 0) is 18.2 Å². The van der Waals surface area contributed by atoms with Crippen molar-refractivity contribution in [3.63, 3.8) is 0 Å². The van der Waals surface area contributed by atoms with Crippen molar-refractivity contribution in [1.29, 1.82) is 0 Å². The summed E-state index contributed by atoms with van der Waals surface area (Å²) in [5.74, 6) is 0.307. The van der Waals surface area contributed by atoms with Gasteiger partial charge < -0.3 is 0 Å². The first kappa shape index (κ1) is 13.8. The van der Waals surface area contributed by atoms with Crippen LogP contribution in [0.5, 0.6) is 0 Å². The summed E-state index contributed by atoms with van der Waals surface area (Å²) in [6.07, 6.45) is 1.73. The molecule has 3 rings (SSSR count). The van der Waals surface area contributed by atoms with Crippen molar-refractivity contribution >= 4 is 19.7 Å². The van der Waals surface area contributed by atoms with Crippen LogP contribution in [0.15, 0.2) is 47.8 Å². The minimum atomic E-state index is -4.03. The Morgan fingerprint density at radius 3 is 2.38 bits per heavy atom. The van der Waals surface area contributed by atoms with Crippen LogP contribution in [0.4, 0.5) is 0 Å². The third-order valence-electron chi connectivity index (χ3n) is 2.81. The Balaban J connectivity index is 2.30. The number of aromatic nitrogens is 5. The number of hydrogen-bond acceptors (Lipinski definition) is 5. The summed E-state index contributed by atoms with van der Waals surface area (Å²) in [5, 5.41) is 11.5. The molecule has 0 amide bonds. The summed E-state index contributed by atoms with van der Waals surface area (Å²) < 4.78 is 26.3. The summed E-state index contributed by atoms with van der Waals surface area (Å²) in [7, 11) is 3.16. The van der Waals surface area contributed by atoms with Gasteiger partial charge in [0.2, 0.25) is 0 Å². The van der Waals surface area contributed by atoms with Gasteiger partial charge in [0.1, 0.15) is 5.69 Å². The summed E-state index contributed by atoms with van der Waals surface area (Å²) in [6, 6.07) is 10.6. The van der Waals surface area contributed by atoms with E-state index in [1.54, 1.807) is 48.3 Å². The van der Waals surface area contributed by atoms with Gasteiger partial charge in [0, 0.05) is 23.9 Å². The van der Waals surface area contributed by atoms with Crippen LogP contribution in [0.25, 0.3) is 17.2 Å². The molecular formula is C12H10ClN5O2S. The molecule has 0 saturated heterocycles. The molecule has 0 spiro atoms. The van der Waals surface area contributed by atoms with Crippen LogP contribution in [0.2, 0.25) is 0 Å². The zero-order chi connectivity index (χ0) is 15.0. The molecule has 2 aromatic heterocycles. The largest absolute Gasteiger partial charge is 0.297 e. The van der Waals surface area contributed by atoms with Crippen molar-refractivity contribution < 1.29 is 8.42 Å². The second-order valence-electron chi connectivity index (χ2n) is 4.29. The predicted octanol–water partition coefficient (Wildman–Crippen LogP) is 1.60. The number of benzene rings is 1. The van der Waals surface area contributed by atoms with Gasteiger partial charge in [-0.15, -0.1) is 10.2 Å². The highest BCUT2D eigenvalue weighted by atomic mass is 35.7. The van der Waals surface area contributed by atoms with E-state index in [0.717, 1.165) is 0 Å². The molecule has 0 saturated carbocycles. The van der Waals surface area contributed by atoms with Gasteiger partial charge in [0.15, 0.2) is 5.82 Å². The summed E-state index contributed by atoms with van der Waals surface area (Å²) in [5.41, 5.74) is 1.09. The van der Waals surface area contributed by atoms with Gasteiger partial charge in [-0.25, -0.2) is 8.42 Å². The van der Waals surface area contributed by atoms with Crippen LogP contribution in [-0.4, -0.2) is 33.0 Å². The normalized spacial score (nSPS) is 11.7. The van der Waals surface area contributed by atoms with Gasteiger partial charge >= 0.3 is 0 Å². The van der Waals surface area contributed by atoms with Crippen molar-refractivity contribution in [2.24, 2.45) is 7.05 Å². The summed E-state index contributed by atoms with van der Waals surface area (Å²) in [6.45, 7) is 0. The van der Waals surface area contributed by atoms with Crippen LogP contribution < -0.4 is 0 Å². The maximum atomic E-state index is 11.7. The number of hydrogen-bond donors (Lipinski definition) is 0. The average molecular weight is 324 g/mol. The Kier molecular flexibility index (Phi) is 3.26. The van der Waals surface area contributed by atoms with Crippen molar-refractivity contribution in [1.82, 2.24) is 24.5 Å². The first-order valence-corrected chi connectivity index (χ1v) is 8.23. The smallest absolute Gasteiger partial charge is 0.275 e. The molecule has 7 nitrogen and oxygen atoms in total. The molecule has 0 aliphatic carbocycles. The van der Waals surface area contributed by atoms with Crippen molar-refractivity contribution in [3.05, 3.63) is 42.6 Å². The number of halogens is 1. The zero-order valence-electron chi connectivity index (χ0n) is 10.9. The Morgan fingerprint density at radius 1 is 1.10 bits per heavy atom. The zero-order valence-corrected chi connectivity index (χ0v) is 12.5. The lowest BCUT2D eigenvalue weighted by atomic mass is 10.3. The molecule has 2 heterocycles. The molecule has 0 radical (unpaired) electrons. The quantitative estimate of drug-likeness (QED) is 0.684. The van der Waals surface area contributed by atoms with Crippen molar-refractivity contribution in [2.75, 3.05) is 0 Å². The van der Waals surface area contributed by atoms with E-state index in [1.165, 1.54) is 4.57 Å². The van der Waals surface area contributed by atoms with Gasteiger partial charge in [-0.3, -0.25) is 9.25 Å². The monoisotopic (exact) mass is 323 g/mol. The molecule has 0 fully saturated rings. The molecule has 0 aliphatic rings. The topological polar surface area (TPSA) is 82.7 Å². The lowest BCUT2D eigenvalue weighted by Crippen LogP contribution is -2.06. The number of para-hydroxylation sites is 1. The molecule has 9 heteroatoms. The fourth-order valence-corrected chi connectivity index (χ4v) is 2.79. The Morgan fingerprint density at radius 2 is 1.81 bits per heavy atom. The molecular weight excluding hydrogens is 314 g/mol. The number of nitrogens with zero attached hydrogens (tertiary/aromatic N) is 5. The lowest BCUT2D eigenvalue weighted by Gasteiger charge is -2.07. The molecule has 0 aliphatic heterocycles. The molecule has 0 bridgehead atoms. The summed E-state index contributed by atoms with van der Waals surface area (Å²) in [4.78, 5) is 0.